The summed E-state index contributed by atoms with van der Waals surface area (Å²) in [7, 11) is 2.03. The second kappa shape index (κ2) is 13.8. The van der Waals surface area contributed by atoms with Gasteiger partial charge in [0.25, 0.3) is 0 Å². The van der Waals surface area contributed by atoms with E-state index in [4.69, 9.17) is 0 Å². The van der Waals surface area contributed by atoms with Crippen LogP contribution in [0.3, 0.4) is 0 Å². The summed E-state index contributed by atoms with van der Waals surface area (Å²) in [5.41, 5.74) is 17.8. The predicted octanol–water partition coefficient (Wildman–Crippen LogP) is 11.8. The average Bonchev–Trinajstić information content (AvgIpc) is 3.55. The fourth-order valence-electron chi connectivity index (χ4n) is 8.55. The number of nitrogens with one attached hydrogen (secondary N) is 2. The van der Waals surface area contributed by atoms with Crippen LogP contribution in [0.5, 0.6) is 0 Å². The van der Waals surface area contributed by atoms with Crippen LogP contribution in [0, 0.1) is 0 Å². The Kier molecular flexibility index (Phi) is 8.24. The van der Waals surface area contributed by atoms with Gasteiger partial charge in [0.05, 0.1) is 28.6 Å². The molecule has 0 spiro atoms. The Morgan fingerprint density at radius 2 is 1.27 bits per heavy atom. The monoisotopic (exact) mass is 708 g/mol. The molecule has 10 rings (SSSR count). The number of hydrogen-bond donors (Lipinski definition) is 2. The molecule has 0 bridgehead atoms. The lowest BCUT2D eigenvalue weighted by molar-refractivity contribution is 0.655. The van der Waals surface area contributed by atoms with E-state index in [9.17, 15) is 0 Å². The van der Waals surface area contributed by atoms with Crippen LogP contribution in [0.4, 0.5) is 11.4 Å². The van der Waals surface area contributed by atoms with Crippen molar-refractivity contribution in [3.63, 3.8) is 0 Å². The summed E-state index contributed by atoms with van der Waals surface area (Å²) < 4.78 is 2.50. The SMILES string of the molecule is CNC1C2=C(C=CCN2)C=C/C1=C/C=C/N1c2ccccc2-c2c(n(-c3cc(-c4ccccc4)cc(-c4ccccc4)c3)c3ccccc23)-c2ccccc21. The highest BCUT2D eigenvalue weighted by Gasteiger charge is 2.30. The standard InChI is InChI=1S/C51H40N4/c1-52-49-37(28-29-38-20-14-30-53-50(38)49)21-15-31-54-45-25-11-8-22-42(45)48-43-23-9-13-27-47(43)55(51(48)44-24-10-12-26-46(44)54)41-33-39(35-16-4-2-5-17-35)32-40(34-41)36-18-6-3-7-19-36/h2-29,31-34,49,52-53H,30H2,1H3/b31-15+,37-21-. The molecule has 3 heterocycles. The molecular weight excluding hydrogens is 669 g/mol. The quantitative estimate of drug-likeness (QED) is 0.180. The predicted molar refractivity (Wildman–Crippen MR) is 231 cm³/mol. The van der Waals surface area contributed by atoms with Gasteiger partial charge in [0.2, 0.25) is 0 Å². The average molecular weight is 709 g/mol. The Hall–Kier alpha value is -6.88. The molecule has 55 heavy (non-hydrogen) atoms. The molecule has 1 unspecified atom stereocenters. The molecule has 6 aromatic carbocycles. The van der Waals surface area contributed by atoms with Crippen molar-refractivity contribution >= 4 is 22.3 Å². The number of likely N-dealkylation sites (N-methyl/N-ethyl adjacent to an activating group) is 1. The highest BCUT2D eigenvalue weighted by molar-refractivity contribution is 6.12. The minimum absolute atomic E-state index is 0.0984. The van der Waals surface area contributed by atoms with Crippen molar-refractivity contribution in [3.8, 4) is 50.3 Å². The molecule has 4 nitrogen and oxygen atoms in total. The van der Waals surface area contributed by atoms with E-state index in [1.807, 2.05) is 7.05 Å². The van der Waals surface area contributed by atoms with E-state index in [0.717, 1.165) is 23.6 Å². The molecule has 4 heteroatoms. The van der Waals surface area contributed by atoms with Gasteiger partial charge in [-0.15, -0.1) is 0 Å². The largest absolute Gasteiger partial charge is 0.383 e. The number of anilines is 2. The van der Waals surface area contributed by atoms with Gasteiger partial charge in [-0.1, -0.05) is 146 Å². The lowest BCUT2D eigenvalue weighted by Crippen LogP contribution is -2.38. The first-order valence-corrected chi connectivity index (χ1v) is 19.0. The van der Waals surface area contributed by atoms with Gasteiger partial charge in [0, 0.05) is 46.2 Å². The van der Waals surface area contributed by atoms with Crippen LogP contribution >= 0.6 is 0 Å². The summed E-state index contributed by atoms with van der Waals surface area (Å²) in [6, 6.07) is 55.2. The van der Waals surface area contributed by atoms with Gasteiger partial charge in [-0.2, -0.15) is 0 Å². The molecule has 1 atom stereocenters. The van der Waals surface area contributed by atoms with Crippen molar-refractivity contribution < 1.29 is 0 Å². The lowest BCUT2D eigenvalue weighted by atomic mass is 9.91. The highest BCUT2D eigenvalue weighted by atomic mass is 15.1. The summed E-state index contributed by atoms with van der Waals surface area (Å²) >= 11 is 0. The maximum Gasteiger partial charge on any atom is 0.0729 e. The van der Waals surface area contributed by atoms with Gasteiger partial charge >= 0.3 is 0 Å². The minimum Gasteiger partial charge on any atom is -0.383 e. The van der Waals surface area contributed by atoms with Gasteiger partial charge < -0.3 is 20.1 Å². The zero-order valence-electron chi connectivity index (χ0n) is 30.7. The first-order valence-electron chi connectivity index (χ1n) is 19.0. The summed E-state index contributed by atoms with van der Waals surface area (Å²) in [5.74, 6) is 0. The van der Waals surface area contributed by atoms with Crippen molar-refractivity contribution in [2.75, 3.05) is 18.5 Å². The second-order valence-electron chi connectivity index (χ2n) is 14.2. The number of allylic oxidation sites excluding steroid dienone is 5. The molecular formula is C51H40N4. The van der Waals surface area contributed by atoms with Crippen LogP contribution < -0.4 is 15.5 Å². The van der Waals surface area contributed by atoms with Crippen molar-refractivity contribution in [3.05, 3.63) is 211 Å². The van der Waals surface area contributed by atoms with Crippen LogP contribution in [0.25, 0.3) is 61.2 Å². The van der Waals surface area contributed by atoms with Crippen LogP contribution in [-0.4, -0.2) is 24.2 Å². The minimum atomic E-state index is 0.0984. The van der Waals surface area contributed by atoms with Gasteiger partial charge in [-0.3, -0.25) is 0 Å². The Bertz CT molecular complexity index is 2690. The maximum atomic E-state index is 3.59. The number of fused-ring (bicyclic) bond motifs is 7. The Morgan fingerprint density at radius 1 is 0.636 bits per heavy atom. The Balaban J connectivity index is 1.19. The molecule has 264 valence electrons. The number of dihydropyridines is 1. The molecule has 2 aliphatic heterocycles. The smallest absolute Gasteiger partial charge is 0.0729 e. The third kappa shape index (κ3) is 5.67. The molecule has 1 aromatic heterocycles. The number of para-hydroxylation sites is 3. The maximum absolute atomic E-state index is 3.59. The van der Waals surface area contributed by atoms with Crippen LogP contribution in [0.1, 0.15) is 0 Å². The Morgan fingerprint density at radius 3 is 2.00 bits per heavy atom. The zero-order chi connectivity index (χ0) is 36.7. The molecule has 7 aromatic rings. The summed E-state index contributed by atoms with van der Waals surface area (Å²) in [5, 5.41) is 8.35. The van der Waals surface area contributed by atoms with E-state index in [2.05, 4.69) is 214 Å². The summed E-state index contributed by atoms with van der Waals surface area (Å²) in [6.07, 6.45) is 15.5. The third-order valence-electron chi connectivity index (χ3n) is 11.0. The molecule has 1 aliphatic carbocycles. The van der Waals surface area contributed by atoms with Crippen molar-refractivity contribution in [2.45, 2.75) is 6.04 Å². The zero-order valence-corrected chi connectivity index (χ0v) is 30.7. The Labute approximate surface area is 322 Å². The van der Waals surface area contributed by atoms with E-state index in [0.29, 0.717) is 0 Å². The third-order valence-corrected chi connectivity index (χ3v) is 11.0. The normalized spacial score (nSPS) is 16.5. The molecule has 2 N–H and O–H groups in total. The number of hydrogen-bond acceptors (Lipinski definition) is 3. The van der Waals surface area contributed by atoms with Crippen molar-refractivity contribution in [2.24, 2.45) is 0 Å². The van der Waals surface area contributed by atoms with E-state index in [1.165, 1.54) is 72.4 Å². The number of benzene rings is 6. The molecule has 0 saturated heterocycles. The fraction of sp³-hybridized carbons (Fsp3) is 0.0588. The topological polar surface area (TPSA) is 32.2 Å². The van der Waals surface area contributed by atoms with Crippen molar-refractivity contribution in [1.82, 2.24) is 15.2 Å². The number of rotatable bonds is 6. The second-order valence-corrected chi connectivity index (χ2v) is 14.2. The molecule has 0 radical (unpaired) electrons. The van der Waals surface area contributed by atoms with Crippen molar-refractivity contribution in [1.29, 1.82) is 0 Å². The van der Waals surface area contributed by atoms with Gasteiger partial charge in [0.15, 0.2) is 0 Å². The van der Waals surface area contributed by atoms with Gasteiger partial charge in [0.1, 0.15) is 0 Å². The highest BCUT2D eigenvalue weighted by Crippen LogP contribution is 2.52. The lowest BCUT2D eigenvalue weighted by Gasteiger charge is -2.29. The first-order chi connectivity index (χ1) is 27.3. The summed E-state index contributed by atoms with van der Waals surface area (Å²) in [6.45, 7) is 0.844. The van der Waals surface area contributed by atoms with Crippen LogP contribution in [0.15, 0.2) is 211 Å². The molecule has 0 amide bonds. The van der Waals surface area contributed by atoms with Gasteiger partial charge in [-0.05, 0) is 82.9 Å². The molecule has 0 saturated carbocycles. The number of aromatic nitrogens is 1. The molecule has 0 fully saturated rings. The first kappa shape index (κ1) is 32.7. The summed E-state index contributed by atoms with van der Waals surface area (Å²) in [4.78, 5) is 2.36. The van der Waals surface area contributed by atoms with E-state index in [1.54, 1.807) is 0 Å². The molecule has 3 aliphatic rings. The van der Waals surface area contributed by atoms with Gasteiger partial charge in [-0.25, -0.2) is 0 Å². The fourth-order valence-corrected chi connectivity index (χ4v) is 8.55. The van der Waals surface area contributed by atoms with E-state index in [-0.39, 0.29) is 6.04 Å². The van der Waals surface area contributed by atoms with Crippen LogP contribution in [-0.2, 0) is 0 Å². The van der Waals surface area contributed by atoms with Crippen LogP contribution in [0.2, 0.25) is 0 Å². The number of nitrogens with zero attached hydrogens (tertiary/aromatic N) is 2. The van der Waals surface area contributed by atoms with E-state index < -0.39 is 0 Å². The van der Waals surface area contributed by atoms with E-state index >= 15 is 0 Å².